The maximum Gasteiger partial charge on any atom is 0.407 e. The summed E-state index contributed by atoms with van der Waals surface area (Å²) in [6.07, 6.45) is -0.364. The Balaban J connectivity index is 2.30. The van der Waals surface area contributed by atoms with Gasteiger partial charge >= 0.3 is 6.09 Å². The molecule has 0 aromatic heterocycles. The number of rotatable bonds is 5. The summed E-state index contributed by atoms with van der Waals surface area (Å²) in [5.41, 5.74) is 0. The molecule has 0 unspecified atom stereocenters. The number of thioether (sulfide) groups is 1. The summed E-state index contributed by atoms with van der Waals surface area (Å²) in [4.78, 5) is 12.3. The number of carbonyl (C=O) groups is 1. The molecule has 0 heterocycles. The highest BCUT2D eigenvalue weighted by Gasteiger charge is 2.07. The second kappa shape index (κ2) is 7.45. The molecule has 5 heteroatoms. The molecule has 0 fully saturated rings. The van der Waals surface area contributed by atoms with Crippen molar-refractivity contribution in [2.45, 2.75) is 24.8 Å². The van der Waals surface area contributed by atoms with Crippen molar-refractivity contribution in [1.82, 2.24) is 5.32 Å². The number of halogens is 1. The predicted octanol–water partition coefficient (Wildman–Crippen LogP) is 3.57. The molecule has 1 amide bonds. The molecule has 1 aromatic carbocycles. The maximum absolute atomic E-state index is 11.1. The minimum atomic E-state index is -0.364. The molecule has 0 spiro atoms. The highest BCUT2D eigenvalue weighted by molar-refractivity contribution is 7.99. The van der Waals surface area contributed by atoms with Crippen molar-refractivity contribution >= 4 is 29.5 Å². The van der Waals surface area contributed by atoms with Crippen molar-refractivity contribution in [3.63, 3.8) is 0 Å². The van der Waals surface area contributed by atoms with E-state index in [-0.39, 0.29) is 12.1 Å². The molecule has 3 nitrogen and oxygen atoms in total. The molecular formula is C12H16ClNO2S. The summed E-state index contributed by atoms with van der Waals surface area (Å²) < 4.78 is 4.80. The molecule has 0 aliphatic rings. The van der Waals surface area contributed by atoms with E-state index < -0.39 is 0 Å². The summed E-state index contributed by atoms with van der Waals surface area (Å²) in [6.45, 7) is 4.12. The zero-order chi connectivity index (χ0) is 12.7. The Morgan fingerprint density at radius 3 is 2.71 bits per heavy atom. The van der Waals surface area contributed by atoms with Crippen LogP contribution in [0.1, 0.15) is 13.8 Å². The van der Waals surface area contributed by atoms with Crippen molar-refractivity contribution in [3.8, 4) is 0 Å². The summed E-state index contributed by atoms with van der Waals surface area (Å²) in [5.74, 6) is 0.792. The van der Waals surface area contributed by atoms with Crippen molar-refractivity contribution in [1.29, 1.82) is 0 Å². The molecule has 0 bridgehead atoms. The van der Waals surface area contributed by atoms with E-state index in [1.54, 1.807) is 18.7 Å². The predicted molar refractivity (Wildman–Crippen MR) is 71.8 cm³/mol. The number of hydrogen-bond acceptors (Lipinski definition) is 3. The van der Waals surface area contributed by atoms with Crippen LogP contribution in [0.3, 0.4) is 0 Å². The van der Waals surface area contributed by atoms with E-state index in [1.165, 1.54) is 0 Å². The van der Waals surface area contributed by atoms with Gasteiger partial charge in [0.25, 0.3) is 0 Å². The van der Waals surface area contributed by atoms with Crippen LogP contribution in [-0.4, -0.2) is 24.5 Å². The fraction of sp³-hybridized carbons (Fsp3) is 0.417. The highest BCUT2D eigenvalue weighted by atomic mass is 35.5. The fourth-order valence-electron chi connectivity index (χ4n) is 1.17. The van der Waals surface area contributed by atoms with Crippen LogP contribution in [0.4, 0.5) is 4.79 Å². The lowest BCUT2D eigenvalue weighted by molar-refractivity contribution is 0.150. The second-order valence-electron chi connectivity index (χ2n) is 3.53. The molecule has 17 heavy (non-hydrogen) atoms. The van der Waals surface area contributed by atoms with Gasteiger partial charge in [-0.2, -0.15) is 0 Å². The van der Waals surface area contributed by atoms with Gasteiger partial charge in [-0.15, -0.1) is 11.8 Å². The van der Waals surface area contributed by atoms with Gasteiger partial charge in [0.1, 0.15) is 0 Å². The number of benzene rings is 1. The Hall–Kier alpha value is -0.870. The first-order valence-corrected chi connectivity index (χ1v) is 6.80. The molecule has 0 aliphatic heterocycles. The van der Waals surface area contributed by atoms with Gasteiger partial charge in [0.15, 0.2) is 0 Å². The van der Waals surface area contributed by atoms with Crippen molar-refractivity contribution < 1.29 is 9.53 Å². The average molecular weight is 274 g/mol. The molecule has 0 saturated carbocycles. The largest absolute Gasteiger partial charge is 0.450 e. The highest BCUT2D eigenvalue weighted by Crippen LogP contribution is 2.20. The average Bonchev–Trinajstić information content (AvgIpc) is 2.28. The summed E-state index contributed by atoms with van der Waals surface area (Å²) in [5, 5.41) is 3.48. The fourth-order valence-corrected chi connectivity index (χ4v) is 2.15. The lowest BCUT2D eigenvalue weighted by Crippen LogP contribution is -2.34. The van der Waals surface area contributed by atoms with E-state index in [1.807, 2.05) is 31.2 Å². The molecule has 94 valence electrons. The molecule has 0 radical (unpaired) electrons. The molecular weight excluding hydrogens is 258 g/mol. The van der Waals surface area contributed by atoms with Crippen molar-refractivity contribution in [2.24, 2.45) is 0 Å². The smallest absolute Gasteiger partial charge is 0.407 e. The van der Waals surface area contributed by atoms with E-state index >= 15 is 0 Å². The third-order valence-corrected chi connectivity index (χ3v) is 3.48. The van der Waals surface area contributed by atoms with Gasteiger partial charge in [-0.1, -0.05) is 11.6 Å². The molecule has 1 atom stereocenters. The number of alkyl carbamates (subject to hydrolysis) is 1. The van der Waals surface area contributed by atoms with Crippen LogP contribution >= 0.6 is 23.4 Å². The van der Waals surface area contributed by atoms with Crippen LogP contribution in [0, 0.1) is 0 Å². The Morgan fingerprint density at radius 1 is 1.47 bits per heavy atom. The maximum atomic E-state index is 11.1. The summed E-state index contributed by atoms with van der Waals surface area (Å²) in [6, 6.07) is 7.70. The zero-order valence-electron chi connectivity index (χ0n) is 9.90. The summed E-state index contributed by atoms with van der Waals surface area (Å²) in [7, 11) is 0. The van der Waals surface area contributed by atoms with E-state index in [2.05, 4.69) is 5.32 Å². The van der Waals surface area contributed by atoms with Gasteiger partial charge in [-0.25, -0.2) is 4.79 Å². The van der Waals surface area contributed by atoms with Crippen LogP contribution in [0.15, 0.2) is 29.2 Å². The van der Waals surface area contributed by atoms with Gasteiger partial charge < -0.3 is 10.1 Å². The van der Waals surface area contributed by atoms with E-state index in [4.69, 9.17) is 16.3 Å². The molecule has 1 aromatic rings. The second-order valence-corrected chi connectivity index (χ2v) is 5.06. The zero-order valence-corrected chi connectivity index (χ0v) is 11.5. The topological polar surface area (TPSA) is 38.3 Å². The molecule has 0 aliphatic carbocycles. The number of amides is 1. The van der Waals surface area contributed by atoms with Crippen LogP contribution < -0.4 is 5.32 Å². The quantitative estimate of drug-likeness (QED) is 0.834. The lowest BCUT2D eigenvalue weighted by atomic mass is 10.4. The molecule has 0 saturated heterocycles. The Labute approximate surface area is 111 Å². The first-order chi connectivity index (χ1) is 8.11. The Bertz CT molecular complexity index is 356. The number of nitrogens with one attached hydrogen (secondary N) is 1. The third-order valence-electron chi connectivity index (χ3n) is 1.95. The van der Waals surface area contributed by atoms with Crippen LogP contribution in [0.2, 0.25) is 5.02 Å². The van der Waals surface area contributed by atoms with Crippen molar-refractivity contribution in [2.75, 3.05) is 12.4 Å². The van der Waals surface area contributed by atoms with Crippen LogP contribution in [0.25, 0.3) is 0 Å². The normalized spacial score (nSPS) is 11.9. The minimum Gasteiger partial charge on any atom is -0.450 e. The Morgan fingerprint density at radius 2 is 2.12 bits per heavy atom. The van der Waals surface area contributed by atoms with Gasteiger partial charge in [-0.3, -0.25) is 0 Å². The molecule has 1 rings (SSSR count). The van der Waals surface area contributed by atoms with Crippen LogP contribution in [-0.2, 0) is 4.74 Å². The van der Waals surface area contributed by atoms with Gasteiger partial charge in [0.2, 0.25) is 0 Å². The first-order valence-electron chi connectivity index (χ1n) is 5.43. The lowest BCUT2D eigenvalue weighted by Gasteiger charge is -2.13. The standard InChI is InChI=1S/C12H16ClNO2S/c1-3-16-12(15)14-9(2)8-17-11-6-4-10(13)5-7-11/h4-7,9H,3,8H2,1-2H3,(H,14,15)/t9-/m0/s1. The minimum absolute atomic E-state index is 0.0646. The van der Waals surface area contributed by atoms with Gasteiger partial charge in [0.05, 0.1) is 6.61 Å². The van der Waals surface area contributed by atoms with Crippen molar-refractivity contribution in [3.05, 3.63) is 29.3 Å². The number of hydrogen-bond donors (Lipinski definition) is 1. The first kappa shape index (κ1) is 14.2. The Kier molecular flexibility index (Phi) is 6.22. The van der Waals surface area contributed by atoms with E-state index in [9.17, 15) is 4.79 Å². The van der Waals surface area contributed by atoms with Gasteiger partial charge in [-0.05, 0) is 38.1 Å². The third kappa shape index (κ3) is 5.84. The number of ether oxygens (including phenoxy) is 1. The van der Waals surface area contributed by atoms with E-state index in [0.29, 0.717) is 6.61 Å². The molecule has 1 N–H and O–H groups in total. The SMILES string of the molecule is CCOC(=O)N[C@@H](C)CSc1ccc(Cl)cc1. The summed E-state index contributed by atoms with van der Waals surface area (Å²) >= 11 is 7.46. The van der Waals surface area contributed by atoms with Gasteiger partial charge in [0, 0.05) is 21.7 Å². The van der Waals surface area contributed by atoms with E-state index in [0.717, 1.165) is 15.7 Å². The number of carbonyl (C=O) groups excluding carboxylic acids is 1. The van der Waals surface area contributed by atoms with Crippen LogP contribution in [0.5, 0.6) is 0 Å². The monoisotopic (exact) mass is 273 g/mol.